The highest BCUT2D eigenvalue weighted by atomic mass is 35.5. The SMILES string of the molecule is Clc1cccc(COc2cccc(-c3csc(NC4=NCCCN4)n3)n2)c1. The minimum Gasteiger partial charge on any atom is -0.473 e. The van der Waals surface area contributed by atoms with Crippen LogP contribution < -0.4 is 15.4 Å². The molecule has 0 aliphatic carbocycles. The van der Waals surface area contributed by atoms with Crippen LogP contribution in [0.3, 0.4) is 0 Å². The third-order valence-electron chi connectivity index (χ3n) is 3.89. The van der Waals surface area contributed by atoms with Gasteiger partial charge in [0.15, 0.2) is 11.1 Å². The van der Waals surface area contributed by atoms with Crippen molar-refractivity contribution in [3.05, 3.63) is 58.4 Å². The van der Waals surface area contributed by atoms with Crippen molar-refractivity contribution < 1.29 is 4.74 Å². The summed E-state index contributed by atoms with van der Waals surface area (Å²) in [5.41, 5.74) is 2.56. The van der Waals surface area contributed by atoms with Gasteiger partial charge in [0.05, 0.1) is 5.69 Å². The molecule has 27 heavy (non-hydrogen) atoms. The van der Waals surface area contributed by atoms with E-state index in [1.54, 1.807) is 0 Å². The molecule has 0 unspecified atom stereocenters. The summed E-state index contributed by atoms with van der Waals surface area (Å²) in [4.78, 5) is 13.5. The van der Waals surface area contributed by atoms with Crippen LogP contribution in [0.5, 0.6) is 5.88 Å². The lowest BCUT2D eigenvalue weighted by molar-refractivity contribution is 0.294. The molecule has 1 aliphatic rings. The molecule has 0 radical (unpaired) electrons. The van der Waals surface area contributed by atoms with Gasteiger partial charge in [-0.15, -0.1) is 11.3 Å². The summed E-state index contributed by atoms with van der Waals surface area (Å²) < 4.78 is 5.80. The topological polar surface area (TPSA) is 71.4 Å². The summed E-state index contributed by atoms with van der Waals surface area (Å²) in [6, 6.07) is 13.3. The minimum atomic E-state index is 0.409. The molecule has 1 aromatic carbocycles. The summed E-state index contributed by atoms with van der Waals surface area (Å²) >= 11 is 7.52. The Balaban J connectivity index is 1.43. The molecule has 138 valence electrons. The Kier molecular flexibility index (Phi) is 5.50. The average Bonchev–Trinajstić information content (AvgIpc) is 3.16. The van der Waals surface area contributed by atoms with Crippen molar-refractivity contribution in [3.63, 3.8) is 0 Å². The maximum Gasteiger partial charge on any atom is 0.214 e. The van der Waals surface area contributed by atoms with E-state index in [-0.39, 0.29) is 0 Å². The molecule has 2 aromatic heterocycles. The van der Waals surface area contributed by atoms with Crippen molar-refractivity contribution in [1.82, 2.24) is 15.3 Å². The van der Waals surface area contributed by atoms with E-state index >= 15 is 0 Å². The van der Waals surface area contributed by atoms with Crippen molar-refractivity contribution in [3.8, 4) is 17.3 Å². The summed E-state index contributed by atoms with van der Waals surface area (Å²) in [5.74, 6) is 1.32. The molecule has 4 rings (SSSR count). The first kappa shape index (κ1) is 17.8. The zero-order valence-electron chi connectivity index (χ0n) is 14.5. The van der Waals surface area contributed by atoms with Gasteiger partial charge in [0, 0.05) is 29.6 Å². The molecule has 2 N–H and O–H groups in total. The van der Waals surface area contributed by atoms with Gasteiger partial charge in [-0.05, 0) is 30.2 Å². The normalized spacial score (nSPS) is 13.6. The molecule has 0 spiro atoms. The van der Waals surface area contributed by atoms with Gasteiger partial charge in [-0.25, -0.2) is 9.97 Å². The molecule has 6 nitrogen and oxygen atoms in total. The number of guanidine groups is 1. The smallest absolute Gasteiger partial charge is 0.214 e. The highest BCUT2D eigenvalue weighted by molar-refractivity contribution is 7.14. The number of rotatable bonds is 5. The Morgan fingerprint density at radius 2 is 2.07 bits per heavy atom. The van der Waals surface area contributed by atoms with E-state index in [2.05, 4.69) is 25.6 Å². The summed E-state index contributed by atoms with van der Waals surface area (Å²) in [6.07, 6.45) is 1.06. The number of halogens is 1. The summed E-state index contributed by atoms with van der Waals surface area (Å²) in [5, 5.41) is 9.88. The van der Waals surface area contributed by atoms with Crippen LogP contribution in [0, 0.1) is 0 Å². The first-order valence-electron chi connectivity index (χ1n) is 8.62. The first-order valence-corrected chi connectivity index (χ1v) is 9.87. The fourth-order valence-electron chi connectivity index (χ4n) is 2.59. The Morgan fingerprint density at radius 1 is 1.15 bits per heavy atom. The van der Waals surface area contributed by atoms with Gasteiger partial charge in [-0.2, -0.15) is 0 Å². The minimum absolute atomic E-state index is 0.409. The average molecular weight is 400 g/mol. The molecule has 0 bridgehead atoms. The lowest BCUT2D eigenvalue weighted by Crippen LogP contribution is -2.35. The monoisotopic (exact) mass is 399 g/mol. The Labute approximate surface area is 166 Å². The predicted octanol–water partition coefficient (Wildman–Crippen LogP) is 4.20. The Hall–Kier alpha value is -2.64. The van der Waals surface area contributed by atoms with Crippen LogP contribution in [-0.4, -0.2) is 29.0 Å². The van der Waals surface area contributed by atoms with Gasteiger partial charge in [0.25, 0.3) is 0 Å². The molecular formula is C19H18ClN5OS. The van der Waals surface area contributed by atoms with Gasteiger partial charge in [-0.1, -0.05) is 29.8 Å². The van der Waals surface area contributed by atoms with Crippen LogP contribution in [0.15, 0.2) is 52.8 Å². The molecular weight excluding hydrogens is 382 g/mol. The summed E-state index contributed by atoms with van der Waals surface area (Å²) in [7, 11) is 0. The lowest BCUT2D eigenvalue weighted by atomic mass is 10.2. The van der Waals surface area contributed by atoms with Gasteiger partial charge in [0.1, 0.15) is 12.3 Å². The van der Waals surface area contributed by atoms with E-state index in [0.717, 1.165) is 47.6 Å². The van der Waals surface area contributed by atoms with Crippen LogP contribution in [0.4, 0.5) is 5.13 Å². The molecule has 1 aliphatic heterocycles. The number of pyridine rings is 1. The quantitative estimate of drug-likeness (QED) is 0.672. The predicted molar refractivity (Wildman–Crippen MR) is 110 cm³/mol. The van der Waals surface area contributed by atoms with Gasteiger partial charge >= 0.3 is 0 Å². The van der Waals surface area contributed by atoms with Crippen molar-refractivity contribution in [2.75, 3.05) is 18.4 Å². The van der Waals surface area contributed by atoms with Crippen molar-refractivity contribution >= 4 is 34.0 Å². The Bertz CT molecular complexity index is 959. The number of aliphatic imine (C=N–C) groups is 1. The van der Waals surface area contributed by atoms with E-state index in [1.165, 1.54) is 11.3 Å². The number of hydrogen-bond acceptors (Lipinski definition) is 7. The van der Waals surface area contributed by atoms with Crippen LogP contribution in [-0.2, 0) is 6.61 Å². The van der Waals surface area contributed by atoms with Gasteiger partial charge in [-0.3, -0.25) is 4.99 Å². The van der Waals surface area contributed by atoms with E-state index in [0.29, 0.717) is 17.5 Å². The number of ether oxygens (including phenoxy) is 1. The highest BCUT2D eigenvalue weighted by Gasteiger charge is 2.10. The molecule has 0 saturated heterocycles. The maximum absolute atomic E-state index is 6.01. The number of nitrogens with one attached hydrogen (secondary N) is 2. The van der Waals surface area contributed by atoms with Crippen molar-refractivity contribution in [2.45, 2.75) is 13.0 Å². The van der Waals surface area contributed by atoms with Crippen LogP contribution >= 0.6 is 22.9 Å². The van der Waals surface area contributed by atoms with E-state index < -0.39 is 0 Å². The number of nitrogens with zero attached hydrogens (tertiary/aromatic N) is 3. The van der Waals surface area contributed by atoms with Crippen LogP contribution in [0.2, 0.25) is 5.02 Å². The fourth-order valence-corrected chi connectivity index (χ4v) is 3.50. The third-order valence-corrected chi connectivity index (χ3v) is 4.88. The number of anilines is 1. The molecule has 0 atom stereocenters. The van der Waals surface area contributed by atoms with E-state index in [4.69, 9.17) is 16.3 Å². The van der Waals surface area contributed by atoms with E-state index in [9.17, 15) is 0 Å². The standard InChI is InChI=1S/C19H18ClN5OS/c20-14-5-1-4-13(10-14)11-26-17-7-2-6-15(23-17)16-12-27-19(24-16)25-18-21-8-3-9-22-18/h1-2,4-7,10,12H,3,8-9,11H2,(H2,21,22,24,25). The second-order valence-corrected chi connectivity index (χ2v) is 7.25. The second kappa shape index (κ2) is 8.37. The number of aromatic nitrogens is 2. The molecule has 0 saturated carbocycles. The number of benzene rings is 1. The molecule has 0 amide bonds. The maximum atomic E-state index is 6.01. The van der Waals surface area contributed by atoms with E-state index in [1.807, 2.05) is 47.8 Å². The number of hydrogen-bond donors (Lipinski definition) is 2. The first-order chi connectivity index (χ1) is 13.3. The van der Waals surface area contributed by atoms with Crippen LogP contribution in [0.1, 0.15) is 12.0 Å². The van der Waals surface area contributed by atoms with Crippen molar-refractivity contribution in [1.29, 1.82) is 0 Å². The Morgan fingerprint density at radius 3 is 2.93 bits per heavy atom. The molecule has 8 heteroatoms. The zero-order chi connectivity index (χ0) is 18.5. The molecule has 0 fully saturated rings. The summed E-state index contributed by atoms with van der Waals surface area (Å²) in [6.45, 7) is 2.17. The van der Waals surface area contributed by atoms with Crippen LogP contribution in [0.25, 0.3) is 11.4 Å². The lowest BCUT2D eigenvalue weighted by Gasteiger charge is -2.14. The zero-order valence-corrected chi connectivity index (χ0v) is 16.1. The molecule has 3 aromatic rings. The highest BCUT2D eigenvalue weighted by Crippen LogP contribution is 2.25. The largest absolute Gasteiger partial charge is 0.473 e. The third kappa shape index (κ3) is 4.75. The molecule has 3 heterocycles. The number of thiazole rings is 1. The fraction of sp³-hybridized carbons (Fsp3) is 0.211. The van der Waals surface area contributed by atoms with Gasteiger partial charge in [0.2, 0.25) is 5.88 Å². The van der Waals surface area contributed by atoms with Gasteiger partial charge < -0.3 is 15.4 Å². The second-order valence-electron chi connectivity index (χ2n) is 5.95. The van der Waals surface area contributed by atoms with Crippen molar-refractivity contribution in [2.24, 2.45) is 4.99 Å².